The fraction of sp³-hybridized carbons (Fsp3) is 0.333. The minimum absolute atomic E-state index is 0.0871. The van der Waals surface area contributed by atoms with E-state index in [9.17, 15) is 4.79 Å². The molecule has 5 heteroatoms. The zero-order valence-corrected chi connectivity index (χ0v) is 13.8. The van der Waals surface area contributed by atoms with E-state index in [1.807, 2.05) is 12.1 Å². The zero-order valence-electron chi connectivity index (χ0n) is 13.8. The highest BCUT2D eigenvalue weighted by Gasteiger charge is 2.35. The number of fused-ring (bicyclic) bond motifs is 1. The first-order valence-corrected chi connectivity index (χ1v) is 7.49. The van der Waals surface area contributed by atoms with Crippen molar-refractivity contribution in [2.24, 2.45) is 0 Å². The van der Waals surface area contributed by atoms with Gasteiger partial charge in [-0.3, -0.25) is 4.79 Å². The quantitative estimate of drug-likeness (QED) is 0.874. The summed E-state index contributed by atoms with van der Waals surface area (Å²) in [5.74, 6) is 0.945. The summed E-state index contributed by atoms with van der Waals surface area (Å²) in [6.07, 6.45) is 1.63. The lowest BCUT2D eigenvalue weighted by Crippen LogP contribution is -2.27. The Bertz CT molecular complexity index is 756. The average Bonchev–Trinajstić information content (AvgIpc) is 2.89. The summed E-state index contributed by atoms with van der Waals surface area (Å²) in [5.41, 5.74) is 2.15. The van der Waals surface area contributed by atoms with Crippen LogP contribution in [0.15, 0.2) is 36.5 Å². The number of ether oxygens (including phenoxy) is 2. The van der Waals surface area contributed by atoms with Crippen molar-refractivity contribution in [3.63, 3.8) is 0 Å². The van der Waals surface area contributed by atoms with E-state index in [2.05, 4.69) is 18.8 Å². The van der Waals surface area contributed by atoms with Crippen molar-refractivity contribution in [1.29, 1.82) is 0 Å². The molecule has 1 aromatic heterocycles. The fourth-order valence-corrected chi connectivity index (χ4v) is 2.81. The van der Waals surface area contributed by atoms with Crippen LogP contribution in [0, 0.1) is 0 Å². The Kier molecular flexibility index (Phi) is 3.72. The lowest BCUT2D eigenvalue weighted by atomic mass is 9.86. The summed E-state index contributed by atoms with van der Waals surface area (Å²) in [6, 6.07) is 9.29. The number of carbonyl (C=O) groups is 1. The van der Waals surface area contributed by atoms with Gasteiger partial charge in [-0.25, -0.2) is 4.98 Å². The number of carbonyl (C=O) groups excluding carboxylic acids is 1. The van der Waals surface area contributed by atoms with Crippen LogP contribution in [0.4, 0.5) is 5.69 Å². The number of anilines is 1. The molecule has 0 N–H and O–H groups in total. The second-order valence-corrected chi connectivity index (χ2v) is 6.25. The minimum Gasteiger partial charge on any atom is -0.492 e. The van der Waals surface area contributed by atoms with Crippen molar-refractivity contribution in [3.05, 3.63) is 47.7 Å². The molecule has 0 radical (unpaired) electrons. The maximum absolute atomic E-state index is 12.9. The van der Waals surface area contributed by atoms with Crippen LogP contribution in [-0.2, 0) is 5.41 Å². The molecule has 120 valence electrons. The highest BCUT2D eigenvalue weighted by Crippen LogP contribution is 2.41. The SMILES string of the molecule is COc1ncccc1N(C)C(=O)c1cccc2c1OCC2(C)C. The lowest BCUT2D eigenvalue weighted by molar-refractivity contribution is 0.0989. The number of nitrogens with zero attached hydrogens (tertiary/aromatic N) is 2. The Morgan fingerprint density at radius 1 is 1.30 bits per heavy atom. The van der Waals surface area contributed by atoms with Gasteiger partial charge in [0.2, 0.25) is 5.88 Å². The van der Waals surface area contributed by atoms with Crippen LogP contribution in [0.2, 0.25) is 0 Å². The predicted molar refractivity (Wildman–Crippen MR) is 88.5 cm³/mol. The molecule has 0 saturated carbocycles. The van der Waals surface area contributed by atoms with Gasteiger partial charge in [-0.1, -0.05) is 26.0 Å². The van der Waals surface area contributed by atoms with E-state index in [4.69, 9.17) is 9.47 Å². The average molecular weight is 312 g/mol. The standard InChI is InChI=1S/C18H20N2O3/c1-18(2)11-23-15-12(7-5-8-13(15)18)17(21)20(3)14-9-6-10-19-16(14)22-4/h5-10H,11H2,1-4H3. The largest absolute Gasteiger partial charge is 0.492 e. The predicted octanol–water partition coefficient (Wildman–Crippen LogP) is 3.04. The van der Waals surface area contributed by atoms with Gasteiger partial charge in [0.05, 0.1) is 19.3 Å². The van der Waals surface area contributed by atoms with Gasteiger partial charge in [-0.05, 0) is 18.2 Å². The van der Waals surface area contributed by atoms with Gasteiger partial charge in [-0.15, -0.1) is 0 Å². The zero-order chi connectivity index (χ0) is 16.6. The van der Waals surface area contributed by atoms with Crippen molar-refractivity contribution in [2.45, 2.75) is 19.3 Å². The first-order chi connectivity index (χ1) is 11.0. The van der Waals surface area contributed by atoms with E-state index in [1.54, 1.807) is 31.4 Å². The van der Waals surface area contributed by atoms with Crippen molar-refractivity contribution in [3.8, 4) is 11.6 Å². The first kappa shape index (κ1) is 15.3. The normalized spacial score (nSPS) is 14.8. The topological polar surface area (TPSA) is 51.7 Å². The Hall–Kier alpha value is -2.56. The van der Waals surface area contributed by atoms with E-state index in [0.29, 0.717) is 29.5 Å². The van der Waals surface area contributed by atoms with E-state index in [1.165, 1.54) is 12.0 Å². The molecular weight excluding hydrogens is 292 g/mol. The van der Waals surface area contributed by atoms with Gasteiger partial charge >= 0.3 is 0 Å². The third-order valence-corrected chi connectivity index (χ3v) is 4.16. The Labute approximate surface area is 135 Å². The number of amides is 1. The minimum atomic E-state index is -0.147. The van der Waals surface area contributed by atoms with Crippen LogP contribution in [0.3, 0.4) is 0 Å². The van der Waals surface area contributed by atoms with Gasteiger partial charge < -0.3 is 14.4 Å². The third-order valence-electron chi connectivity index (χ3n) is 4.16. The molecule has 0 saturated heterocycles. The van der Waals surface area contributed by atoms with E-state index in [-0.39, 0.29) is 11.3 Å². The highest BCUT2D eigenvalue weighted by molar-refractivity contribution is 6.08. The number of para-hydroxylation sites is 1. The van der Waals surface area contributed by atoms with Gasteiger partial charge in [0.15, 0.2) is 0 Å². The Balaban J connectivity index is 2.00. The molecule has 0 fully saturated rings. The van der Waals surface area contributed by atoms with E-state index in [0.717, 1.165) is 5.56 Å². The first-order valence-electron chi connectivity index (χ1n) is 7.49. The second kappa shape index (κ2) is 5.57. The lowest BCUT2D eigenvalue weighted by Gasteiger charge is -2.20. The number of pyridine rings is 1. The molecule has 1 aliphatic heterocycles. The molecule has 5 nitrogen and oxygen atoms in total. The summed E-state index contributed by atoms with van der Waals surface area (Å²) in [5, 5.41) is 0. The Morgan fingerprint density at radius 2 is 2.09 bits per heavy atom. The molecule has 1 aromatic carbocycles. The molecule has 0 unspecified atom stereocenters. The monoisotopic (exact) mass is 312 g/mol. The molecule has 23 heavy (non-hydrogen) atoms. The summed E-state index contributed by atoms with van der Waals surface area (Å²) >= 11 is 0. The molecule has 2 aromatic rings. The second-order valence-electron chi connectivity index (χ2n) is 6.25. The smallest absolute Gasteiger partial charge is 0.261 e. The maximum atomic E-state index is 12.9. The van der Waals surface area contributed by atoms with E-state index >= 15 is 0 Å². The van der Waals surface area contributed by atoms with Crippen molar-refractivity contribution < 1.29 is 14.3 Å². The molecule has 0 atom stereocenters. The van der Waals surface area contributed by atoms with Gasteiger partial charge in [0, 0.05) is 24.2 Å². The highest BCUT2D eigenvalue weighted by atomic mass is 16.5. The number of aromatic nitrogens is 1. The molecule has 1 amide bonds. The number of rotatable bonds is 3. The van der Waals surface area contributed by atoms with Crippen LogP contribution >= 0.6 is 0 Å². The van der Waals surface area contributed by atoms with Crippen molar-refractivity contribution >= 4 is 11.6 Å². The van der Waals surface area contributed by atoms with Crippen LogP contribution in [0.5, 0.6) is 11.6 Å². The summed E-state index contributed by atoms with van der Waals surface area (Å²) in [4.78, 5) is 18.6. The molecule has 0 spiro atoms. The molecular formula is C18H20N2O3. The summed E-state index contributed by atoms with van der Waals surface area (Å²) < 4.78 is 11.1. The van der Waals surface area contributed by atoms with E-state index < -0.39 is 0 Å². The Morgan fingerprint density at radius 3 is 2.83 bits per heavy atom. The molecule has 1 aliphatic rings. The summed E-state index contributed by atoms with van der Waals surface area (Å²) in [7, 11) is 3.25. The number of benzene rings is 1. The number of hydrogen-bond acceptors (Lipinski definition) is 4. The van der Waals surface area contributed by atoms with Crippen LogP contribution in [0.25, 0.3) is 0 Å². The molecule has 3 rings (SSSR count). The van der Waals surface area contributed by atoms with Crippen LogP contribution in [0.1, 0.15) is 29.8 Å². The van der Waals surface area contributed by atoms with Crippen molar-refractivity contribution in [2.75, 3.05) is 25.7 Å². The number of hydrogen-bond donors (Lipinski definition) is 0. The van der Waals surface area contributed by atoms with Gasteiger partial charge in [0.25, 0.3) is 5.91 Å². The van der Waals surface area contributed by atoms with Gasteiger partial charge in [0.1, 0.15) is 11.4 Å². The van der Waals surface area contributed by atoms with Gasteiger partial charge in [-0.2, -0.15) is 0 Å². The molecule has 2 heterocycles. The molecule has 0 aliphatic carbocycles. The molecule has 0 bridgehead atoms. The van der Waals surface area contributed by atoms with Crippen molar-refractivity contribution in [1.82, 2.24) is 4.98 Å². The van der Waals surface area contributed by atoms with Crippen LogP contribution in [-0.4, -0.2) is 31.7 Å². The fourth-order valence-electron chi connectivity index (χ4n) is 2.81. The third kappa shape index (κ3) is 2.52. The maximum Gasteiger partial charge on any atom is 0.261 e. The summed E-state index contributed by atoms with van der Waals surface area (Å²) in [6.45, 7) is 4.80. The number of methoxy groups -OCH3 is 1. The van der Waals surface area contributed by atoms with Crippen LogP contribution < -0.4 is 14.4 Å².